The van der Waals surface area contributed by atoms with Crippen molar-refractivity contribution in [1.82, 2.24) is 5.32 Å². The van der Waals surface area contributed by atoms with Crippen molar-refractivity contribution in [3.63, 3.8) is 0 Å². The lowest BCUT2D eigenvalue weighted by Crippen LogP contribution is -2.29. The molecule has 0 fully saturated rings. The fraction of sp³-hybridized carbons (Fsp3) is 0.136. The number of ether oxygens (including phenoxy) is 1. The van der Waals surface area contributed by atoms with Gasteiger partial charge in [0.15, 0.2) is 0 Å². The summed E-state index contributed by atoms with van der Waals surface area (Å²) >= 11 is 5.83. The van der Waals surface area contributed by atoms with Crippen LogP contribution in [0, 0.1) is 6.92 Å². The second-order valence-corrected chi connectivity index (χ2v) is 8.64. The van der Waals surface area contributed by atoms with E-state index in [1.54, 1.807) is 60.7 Å². The molecular weight excluding hydrogens is 424 g/mol. The molecule has 3 aromatic rings. The lowest BCUT2D eigenvalue weighted by Gasteiger charge is -2.13. The highest BCUT2D eigenvalue weighted by molar-refractivity contribution is 7.92. The summed E-state index contributed by atoms with van der Waals surface area (Å²) in [5.74, 6) is 0.233. The Morgan fingerprint density at radius 1 is 0.967 bits per heavy atom. The molecule has 0 aromatic heterocycles. The van der Waals surface area contributed by atoms with Gasteiger partial charge in [0.2, 0.25) is 0 Å². The first-order valence-electron chi connectivity index (χ1n) is 9.20. The third-order valence-electron chi connectivity index (χ3n) is 4.22. The maximum Gasteiger partial charge on any atom is 0.261 e. The monoisotopic (exact) mass is 444 g/mol. The maximum absolute atomic E-state index is 12.7. The smallest absolute Gasteiger partial charge is 0.261 e. The number of hydrogen-bond donors (Lipinski definition) is 2. The van der Waals surface area contributed by atoms with E-state index in [-0.39, 0.29) is 29.3 Å². The van der Waals surface area contributed by atoms with Crippen LogP contribution in [0.4, 0.5) is 5.69 Å². The van der Waals surface area contributed by atoms with Gasteiger partial charge in [-0.3, -0.25) is 9.52 Å². The fourth-order valence-corrected chi connectivity index (χ4v) is 3.86. The van der Waals surface area contributed by atoms with E-state index in [0.29, 0.717) is 10.8 Å². The van der Waals surface area contributed by atoms with Gasteiger partial charge in [-0.25, -0.2) is 8.42 Å². The summed E-state index contributed by atoms with van der Waals surface area (Å²) in [7, 11) is -3.82. The van der Waals surface area contributed by atoms with E-state index in [4.69, 9.17) is 16.3 Å². The molecule has 6 nitrogen and oxygen atoms in total. The van der Waals surface area contributed by atoms with Crippen LogP contribution in [0.25, 0.3) is 0 Å². The molecule has 0 unspecified atom stereocenters. The number of para-hydroxylation sites is 1. The second kappa shape index (κ2) is 9.65. The Kier molecular flexibility index (Phi) is 6.97. The van der Waals surface area contributed by atoms with Gasteiger partial charge in [0, 0.05) is 5.02 Å². The van der Waals surface area contributed by atoms with Crippen molar-refractivity contribution in [3.8, 4) is 5.75 Å². The molecule has 30 heavy (non-hydrogen) atoms. The summed E-state index contributed by atoms with van der Waals surface area (Å²) in [6, 6.07) is 19.8. The highest BCUT2D eigenvalue weighted by atomic mass is 35.5. The number of nitrogens with one attached hydrogen (secondary N) is 2. The molecule has 0 saturated heterocycles. The van der Waals surface area contributed by atoms with Gasteiger partial charge in [-0.05, 0) is 55.5 Å². The molecule has 0 bridgehead atoms. The summed E-state index contributed by atoms with van der Waals surface area (Å²) in [5, 5.41) is 3.34. The Labute approximate surface area is 180 Å². The summed E-state index contributed by atoms with van der Waals surface area (Å²) in [4.78, 5) is 12.7. The zero-order valence-corrected chi connectivity index (χ0v) is 17.8. The number of sulfonamides is 1. The fourth-order valence-electron chi connectivity index (χ4n) is 2.65. The number of amides is 1. The van der Waals surface area contributed by atoms with Crippen molar-refractivity contribution in [2.75, 3.05) is 17.9 Å². The van der Waals surface area contributed by atoms with Crippen LogP contribution in [-0.2, 0) is 10.0 Å². The second-order valence-electron chi connectivity index (χ2n) is 6.52. The summed E-state index contributed by atoms with van der Waals surface area (Å²) in [6.45, 7) is 2.38. The van der Waals surface area contributed by atoms with E-state index in [0.717, 1.165) is 5.56 Å². The minimum absolute atomic E-state index is 0.125. The number of aryl methyl sites for hydroxylation is 1. The van der Waals surface area contributed by atoms with Crippen molar-refractivity contribution < 1.29 is 17.9 Å². The lowest BCUT2D eigenvalue weighted by molar-refractivity contribution is 0.0948. The van der Waals surface area contributed by atoms with Crippen molar-refractivity contribution in [2.24, 2.45) is 0 Å². The number of rotatable bonds is 8. The van der Waals surface area contributed by atoms with Gasteiger partial charge in [0.25, 0.3) is 15.9 Å². The van der Waals surface area contributed by atoms with Gasteiger partial charge in [-0.1, -0.05) is 41.4 Å². The van der Waals surface area contributed by atoms with Crippen LogP contribution >= 0.6 is 11.6 Å². The third kappa shape index (κ3) is 5.75. The number of carbonyl (C=O) groups is 1. The molecule has 156 valence electrons. The SMILES string of the molecule is Cc1ccc(S(=O)(=O)Nc2ccccc2C(=O)NCCOc2ccc(Cl)cc2)cc1. The van der Waals surface area contributed by atoms with Crippen LogP contribution in [0.2, 0.25) is 5.02 Å². The highest BCUT2D eigenvalue weighted by Crippen LogP contribution is 2.20. The van der Waals surface area contributed by atoms with Crippen LogP contribution in [-0.4, -0.2) is 27.5 Å². The Morgan fingerprint density at radius 2 is 1.63 bits per heavy atom. The van der Waals surface area contributed by atoms with Gasteiger partial charge in [0.1, 0.15) is 12.4 Å². The molecule has 0 spiro atoms. The Morgan fingerprint density at radius 3 is 2.33 bits per heavy atom. The molecule has 3 aromatic carbocycles. The van der Waals surface area contributed by atoms with Crippen LogP contribution in [0.3, 0.4) is 0 Å². The van der Waals surface area contributed by atoms with E-state index >= 15 is 0 Å². The molecule has 2 N–H and O–H groups in total. The number of carbonyl (C=O) groups excluding carboxylic acids is 1. The third-order valence-corrected chi connectivity index (χ3v) is 5.85. The van der Waals surface area contributed by atoms with E-state index in [2.05, 4.69) is 10.0 Å². The lowest BCUT2D eigenvalue weighted by atomic mass is 10.1. The predicted octanol–water partition coefficient (Wildman–Crippen LogP) is 4.26. The van der Waals surface area contributed by atoms with Gasteiger partial charge >= 0.3 is 0 Å². The van der Waals surface area contributed by atoms with Gasteiger partial charge < -0.3 is 10.1 Å². The van der Waals surface area contributed by atoms with Crippen LogP contribution in [0.1, 0.15) is 15.9 Å². The molecule has 0 atom stereocenters. The molecule has 0 saturated carbocycles. The molecule has 1 amide bonds. The standard InChI is InChI=1S/C22H21ClN2O4S/c1-16-6-12-19(13-7-16)30(27,28)25-21-5-3-2-4-20(21)22(26)24-14-15-29-18-10-8-17(23)9-11-18/h2-13,25H,14-15H2,1H3,(H,24,26). The summed E-state index contributed by atoms with van der Waals surface area (Å²) in [6.07, 6.45) is 0. The summed E-state index contributed by atoms with van der Waals surface area (Å²) < 4.78 is 33.3. The normalized spacial score (nSPS) is 11.0. The first kappa shape index (κ1) is 21.7. The molecular formula is C22H21ClN2O4S. The van der Waals surface area contributed by atoms with Crippen molar-refractivity contribution in [1.29, 1.82) is 0 Å². The predicted molar refractivity (Wildman–Crippen MR) is 118 cm³/mol. The first-order valence-corrected chi connectivity index (χ1v) is 11.1. The van der Waals surface area contributed by atoms with Crippen LogP contribution in [0.15, 0.2) is 77.7 Å². The van der Waals surface area contributed by atoms with Crippen LogP contribution in [0.5, 0.6) is 5.75 Å². The van der Waals surface area contributed by atoms with Crippen LogP contribution < -0.4 is 14.8 Å². The van der Waals surface area contributed by atoms with Crippen molar-refractivity contribution in [3.05, 3.63) is 88.9 Å². The average molecular weight is 445 g/mol. The zero-order valence-electron chi connectivity index (χ0n) is 16.3. The Hall–Kier alpha value is -3.03. The van der Waals surface area contributed by atoms with E-state index in [1.165, 1.54) is 12.1 Å². The molecule has 0 radical (unpaired) electrons. The topological polar surface area (TPSA) is 84.5 Å². The van der Waals surface area contributed by atoms with E-state index in [9.17, 15) is 13.2 Å². The van der Waals surface area contributed by atoms with Crippen molar-refractivity contribution in [2.45, 2.75) is 11.8 Å². The quantitative estimate of drug-likeness (QED) is 0.508. The minimum Gasteiger partial charge on any atom is -0.492 e. The summed E-state index contributed by atoms with van der Waals surface area (Å²) in [5.41, 5.74) is 1.38. The minimum atomic E-state index is -3.82. The maximum atomic E-state index is 12.7. The number of halogens is 1. The largest absolute Gasteiger partial charge is 0.492 e. The van der Waals surface area contributed by atoms with Gasteiger partial charge in [-0.2, -0.15) is 0 Å². The van der Waals surface area contributed by atoms with Gasteiger partial charge in [-0.15, -0.1) is 0 Å². The molecule has 0 aliphatic carbocycles. The first-order chi connectivity index (χ1) is 14.3. The zero-order chi connectivity index (χ0) is 21.6. The number of anilines is 1. The van der Waals surface area contributed by atoms with Crippen molar-refractivity contribution >= 4 is 33.2 Å². The Bertz CT molecular complexity index is 1110. The van der Waals surface area contributed by atoms with E-state index in [1.807, 2.05) is 6.92 Å². The molecule has 0 heterocycles. The molecule has 0 aliphatic rings. The molecule has 0 aliphatic heterocycles. The number of hydrogen-bond acceptors (Lipinski definition) is 4. The Balaban J connectivity index is 1.63. The molecule has 8 heteroatoms. The van der Waals surface area contributed by atoms with E-state index < -0.39 is 15.9 Å². The molecule has 3 rings (SSSR count). The average Bonchev–Trinajstić information content (AvgIpc) is 2.73. The van der Waals surface area contributed by atoms with Gasteiger partial charge in [0.05, 0.1) is 22.7 Å². The number of benzene rings is 3. The highest BCUT2D eigenvalue weighted by Gasteiger charge is 2.18.